The third kappa shape index (κ3) is 5.56. The summed E-state index contributed by atoms with van der Waals surface area (Å²) in [5.41, 5.74) is 5.99. The van der Waals surface area contributed by atoms with Gasteiger partial charge in [0.15, 0.2) is 0 Å². The van der Waals surface area contributed by atoms with Crippen molar-refractivity contribution in [2.24, 2.45) is 14.1 Å². The normalized spacial score (nSPS) is 13.8. The van der Waals surface area contributed by atoms with E-state index in [1.165, 1.54) is 18.4 Å². The molecule has 3 aromatic carbocycles. The number of nitrogens with zero attached hydrogens (tertiary/aromatic N) is 3. The van der Waals surface area contributed by atoms with Crippen LogP contribution < -0.4 is 10.6 Å². The molecule has 1 aliphatic carbocycles. The molecule has 10 heteroatoms. The number of carbonyl (C=O) groups is 3. The zero-order valence-corrected chi connectivity index (χ0v) is 28.1. The highest BCUT2D eigenvalue weighted by atomic mass is 32.1. The molecule has 0 atom stereocenters. The Hall–Kier alpha value is -5.22. The monoisotopic (exact) mass is 659 g/mol. The van der Waals surface area contributed by atoms with Crippen LogP contribution in [0.3, 0.4) is 0 Å². The third-order valence-electron chi connectivity index (χ3n) is 9.55. The second-order valence-electron chi connectivity index (χ2n) is 13.1. The standard InChI is InChI=1S/C38H37N5O4S/c1-38(2,37(47)39-26-15-17-29-25(18-26)20-31(36(45)46)42(29)3)41-34(44)24-14-16-27-30(19-24)43(4)33(32(27)22-10-8-9-11-22)28-21-48-35(40-28)23-12-6-5-7-13-23/h5-7,12-22H,8-11H2,1-4H3,(H,39,47)(H,41,44)(H,45,46). The van der Waals surface area contributed by atoms with Crippen LogP contribution in [0.15, 0.2) is 78.2 Å². The van der Waals surface area contributed by atoms with Crippen molar-refractivity contribution in [1.82, 2.24) is 19.4 Å². The Labute approximate surface area is 282 Å². The van der Waals surface area contributed by atoms with Gasteiger partial charge in [0.05, 0.1) is 11.4 Å². The number of aryl methyl sites for hydroxylation is 2. The summed E-state index contributed by atoms with van der Waals surface area (Å²) >= 11 is 1.64. The van der Waals surface area contributed by atoms with Crippen LogP contribution in [0.5, 0.6) is 0 Å². The van der Waals surface area contributed by atoms with Crippen LogP contribution in [0.4, 0.5) is 5.69 Å². The number of thiazole rings is 1. The average molecular weight is 660 g/mol. The van der Waals surface area contributed by atoms with Crippen molar-refractivity contribution in [2.45, 2.75) is 51.0 Å². The van der Waals surface area contributed by atoms with Gasteiger partial charge in [0.25, 0.3) is 5.91 Å². The van der Waals surface area contributed by atoms with Gasteiger partial charge in [-0.15, -0.1) is 11.3 Å². The number of fused-ring (bicyclic) bond motifs is 2. The van der Waals surface area contributed by atoms with Gasteiger partial charge in [0.1, 0.15) is 16.2 Å². The Bertz CT molecular complexity index is 2220. The number of aromatic nitrogens is 3. The van der Waals surface area contributed by atoms with E-state index in [1.54, 1.807) is 61.1 Å². The summed E-state index contributed by atoms with van der Waals surface area (Å²) in [5.74, 6) is -1.35. The maximum atomic E-state index is 13.7. The minimum absolute atomic E-state index is 0.155. The van der Waals surface area contributed by atoms with Crippen LogP contribution >= 0.6 is 11.3 Å². The van der Waals surface area contributed by atoms with Gasteiger partial charge in [0, 0.05) is 58.1 Å². The quantitative estimate of drug-likeness (QED) is 0.153. The molecule has 0 aliphatic heterocycles. The third-order valence-corrected chi connectivity index (χ3v) is 10.4. The summed E-state index contributed by atoms with van der Waals surface area (Å²) in [7, 11) is 3.73. The van der Waals surface area contributed by atoms with Crippen LogP contribution in [0.1, 0.15) is 71.9 Å². The first-order valence-corrected chi connectivity index (χ1v) is 17.0. The lowest BCUT2D eigenvalue weighted by Crippen LogP contribution is -2.52. The van der Waals surface area contributed by atoms with E-state index in [9.17, 15) is 19.5 Å². The van der Waals surface area contributed by atoms with E-state index in [0.717, 1.165) is 51.2 Å². The summed E-state index contributed by atoms with van der Waals surface area (Å²) in [4.78, 5) is 43.7. The first-order valence-electron chi connectivity index (χ1n) is 16.1. The topological polar surface area (TPSA) is 118 Å². The number of hydrogen-bond donors (Lipinski definition) is 3. The Morgan fingerprint density at radius 2 is 1.67 bits per heavy atom. The van der Waals surface area contributed by atoms with Crippen LogP contribution in [-0.4, -0.2) is 42.5 Å². The van der Waals surface area contributed by atoms with Crippen LogP contribution in [0.2, 0.25) is 0 Å². The van der Waals surface area contributed by atoms with Crippen molar-refractivity contribution < 1.29 is 19.5 Å². The zero-order chi connectivity index (χ0) is 33.7. The minimum atomic E-state index is -1.24. The number of aromatic carboxylic acids is 1. The van der Waals surface area contributed by atoms with Gasteiger partial charge in [-0.1, -0.05) is 49.2 Å². The average Bonchev–Trinajstić information content (AvgIpc) is 3.87. The first-order chi connectivity index (χ1) is 23.0. The molecule has 1 saturated carbocycles. The van der Waals surface area contributed by atoms with Crippen molar-refractivity contribution >= 4 is 56.6 Å². The highest BCUT2D eigenvalue weighted by molar-refractivity contribution is 7.13. The SMILES string of the molecule is Cn1c(C(=O)O)cc2cc(NC(=O)C(C)(C)NC(=O)c3ccc4c(C5CCCC5)c(-c5csc(-c6ccccc6)n5)n(C)c4c3)ccc21. The fraction of sp³-hybridized carbons (Fsp3) is 0.263. The van der Waals surface area contributed by atoms with Gasteiger partial charge in [-0.2, -0.15) is 0 Å². The smallest absolute Gasteiger partial charge is 0.352 e. The second-order valence-corrected chi connectivity index (χ2v) is 14.0. The van der Waals surface area contributed by atoms with Crippen molar-refractivity contribution in [3.8, 4) is 22.0 Å². The number of rotatable bonds is 8. The van der Waals surface area contributed by atoms with E-state index >= 15 is 0 Å². The Balaban J connectivity index is 1.16. The van der Waals surface area contributed by atoms with Crippen LogP contribution in [-0.2, 0) is 18.9 Å². The lowest BCUT2D eigenvalue weighted by molar-refractivity contribution is -0.120. The maximum Gasteiger partial charge on any atom is 0.352 e. The van der Waals surface area contributed by atoms with Gasteiger partial charge >= 0.3 is 5.97 Å². The molecule has 0 saturated heterocycles. The van der Waals surface area contributed by atoms with E-state index in [0.29, 0.717) is 22.6 Å². The van der Waals surface area contributed by atoms with Gasteiger partial charge in [-0.3, -0.25) is 9.59 Å². The van der Waals surface area contributed by atoms with Gasteiger partial charge in [0.2, 0.25) is 5.91 Å². The molecular weight excluding hydrogens is 623 g/mol. The van der Waals surface area contributed by atoms with E-state index in [4.69, 9.17) is 4.98 Å². The molecule has 3 aromatic heterocycles. The molecule has 0 unspecified atom stereocenters. The lowest BCUT2D eigenvalue weighted by Gasteiger charge is -2.25. The number of hydrogen-bond acceptors (Lipinski definition) is 5. The van der Waals surface area contributed by atoms with Gasteiger partial charge in [-0.25, -0.2) is 9.78 Å². The molecule has 3 heterocycles. The Morgan fingerprint density at radius 1 is 0.917 bits per heavy atom. The number of carboxylic acids is 1. The van der Waals surface area contributed by atoms with E-state index < -0.39 is 17.4 Å². The molecule has 0 radical (unpaired) electrons. The molecule has 48 heavy (non-hydrogen) atoms. The molecule has 2 amide bonds. The highest BCUT2D eigenvalue weighted by Gasteiger charge is 2.32. The molecule has 0 spiro atoms. The van der Waals surface area contributed by atoms with E-state index in [1.807, 2.05) is 43.4 Å². The molecule has 244 valence electrons. The predicted molar refractivity (Wildman–Crippen MR) is 191 cm³/mol. The summed E-state index contributed by atoms with van der Waals surface area (Å²) in [6.45, 7) is 3.32. The summed E-state index contributed by atoms with van der Waals surface area (Å²) in [5, 5.41) is 20.2. The van der Waals surface area contributed by atoms with Crippen molar-refractivity contribution in [3.05, 3.63) is 95.0 Å². The second kappa shape index (κ2) is 12.1. The van der Waals surface area contributed by atoms with Crippen molar-refractivity contribution in [3.63, 3.8) is 0 Å². The minimum Gasteiger partial charge on any atom is -0.477 e. The first kappa shape index (κ1) is 31.4. The number of amides is 2. The maximum absolute atomic E-state index is 13.7. The summed E-state index contributed by atoms with van der Waals surface area (Å²) in [6.07, 6.45) is 4.66. The zero-order valence-electron chi connectivity index (χ0n) is 27.3. The molecule has 7 rings (SSSR count). The van der Waals surface area contributed by atoms with Crippen molar-refractivity contribution in [2.75, 3.05) is 5.32 Å². The number of carboxylic acid groups (broad SMARTS) is 1. The summed E-state index contributed by atoms with van der Waals surface area (Å²) in [6, 6.07) is 22.8. The largest absolute Gasteiger partial charge is 0.477 e. The fourth-order valence-corrected chi connectivity index (χ4v) is 7.78. The number of benzene rings is 3. The molecular formula is C38H37N5O4S. The number of nitrogens with one attached hydrogen (secondary N) is 2. The molecule has 1 aliphatic rings. The number of carbonyl (C=O) groups excluding carboxylic acids is 2. The van der Waals surface area contributed by atoms with Gasteiger partial charge in [-0.05, 0) is 74.6 Å². The van der Waals surface area contributed by atoms with E-state index in [2.05, 4.69) is 32.7 Å². The Morgan fingerprint density at radius 3 is 2.40 bits per heavy atom. The molecule has 0 bridgehead atoms. The fourth-order valence-electron chi connectivity index (χ4n) is 6.97. The lowest BCUT2D eigenvalue weighted by atomic mass is 9.93. The van der Waals surface area contributed by atoms with Gasteiger partial charge < -0.3 is 24.9 Å². The molecule has 3 N–H and O–H groups in total. The van der Waals surface area contributed by atoms with E-state index in [-0.39, 0.29) is 11.6 Å². The Kier molecular flexibility index (Phi) is 7.91. The highest BCUT2D eigenvalue weighted by Crippen LogP contribution is 2.45. The molecule has 1 fully saturated rings. The summed E-state index contributed by atoms with van der Waals surface area (Å²) < 4.78 is 3.76. The van der Waals surface area contributed by atoms with Crippen LogP contribution in [0.25, 0.3) is 43.8 Å². The predicted octanol–water partition coefficient (Wildman–Crippen LogP) is 7.96. The van der Waals surface area contributed by atoms with Crippen LogP contribution in [0, 0.1) is 0 Å². The molecule has 6 aromatic rings. The molecule has 9 nitrogen and oxygen atoms in total. The number of anilines is 1. The van der Waals surface area contributed by atoms with Crippen molar-refractivity contribution in [1.29, 1.82) is 0 Å².